The summed E-state index contributed by atoms with van der Waals surface area (Å²) in [4.78, 5) is 4.41. The molecule has 1 heterocycles. The second-order valence-electron chi connectivity index (χ2n) is 4.09. The van der Waals surface area contributed by atoms with Gasteiger partial charge in [0, 0.05) is 29.0 Å². The Morgan fingerprint density at radius 2 is 2.00 bits per heavy atom. The second kappa shape index (κ2) is 5.47. The minimum atomic E-state index is 0.373. The predicted molar refractivity (Wildman–Crippen MR) is 72.8 cm³/mol. The van der Waals surface area contributed by atoms with Crippen molar-refractivity contribution in [1.82, 2.24) is 9.36 Å². The van der Waals surface area contributed by atoms with Gasteiger partial charge in [-0.05, 0) is 17.7 Å². The van der Waals surface area contributed by atoms with Gasteiger partial charge in [0.15, 0.2) is 0 Å². The maximum atomic E-state index is 5.83. The molecule has 2 aromatic rings. The molecule has 5 heteroatoms. The van der Waals surface area contributed by atoms with E-state index in [4.69, 9.17) is 11.6 Å². The maximum absolute atomic E-state index is 5.83. The van der Waals surface area contributed by atoms with Crippen LogP contribution in [0.15, 0.2) is 24.3 Å². The van der Waals surface area contributed by atoms with Crippen LogP contribution in [0.2, 0.25) is 5.02 Å². The second-order valence-corrected chi connectivity index (χ2v) is 5.28. The van der Waals surface area contributed by atoms with Crippen LogP contribution < -0.4 is 5.32 Å². The van der Waals surface area contributed by atoms with Crippen molar-refractivity contribution in [3.8, 4) is 0 Å². The number of hydrogen-bond acceptors (Lipinski definition) is 4. The van der Waals surface area contributed by atoms with Crippen LogP contribution in [0.1, 0.15) is 31.2 Å². The van der Waals surface area contributed by atoms with Crippen LogP contribution in [0.5, 0.6) is 0 Å². The van der Waals surface area contributed by atoms with Crippen molar-refractivity contribution < 1.29 is 0 Å². The van der Waals surface area contributed by atoms with Crippen LogP contribution in [0.3, 0.4) is 0 Å². The number of aromatic nitrogens is 2. The summed E-state index contributed by atoms with van der Waals surface area (Å²) in [5, 5.41) is 4.88. The van der Waals surface area contributed by atoms with Crippen LogP contribution in [0, 0.1) is 0 Å². The molecular weight excluding hydrogens is 254 g/mol. The third-order valence-electron chi connectivity index (χ3n) is 2.32. The number of halogens is 1. The van der Waals surface area contributed by atoms with Gasteiger partial charge in [-0.3, -0.25) is 0 Å². The molecular formula is C12H14ClN3S. The molecule has 0 aliphatic carbocycles. The van der Waals surface area contributed by atoms with Gasteiger partial charge in [0.2, 0.25) is 5.13 Å². The van der Waals surface area contributed by atoms with Crippen molar-refractivity contribution in [3.63, 3.8) is 0 Å². The molecule has 0 amide bonds. The van der Waals surface area contributed by atoms with Gasteiger partial charge in [-0.2, -0.15) is 4.37 Å². The van der Waals surface area contributed by atoms with Gasteiger partial charge in [0.1, 0.15) is 5.82 Å². The Labute approximate surface area is 110 Å². The molecule has 0 aliphatic rings. The Bertz CT molecular complexity index is 479. The number of rotatable bonds is 4. The van der Waals surface area contributed by atoms with Crippen molar-refractivity contribution in [2.24, 2.45) is 0 Å². The van der Waals surface area contributed by atoms with E-state index in [1.807, 2.05) is 24.3 Å². The lowest BCUT2D eigenvalue weighted by Gasteiger charge is -2.02. The molecule has 0 spiro atoms. The Morgan fingerprint density at radius 3 is 2.59 bits per heavy atom. The molecule has 0 aliphatic heterocycles. The third kappa shape index (κ3) is 3.41. The minimum absolute atomic E-state index is 0.373. The Hall–Kier alpha value is -1.13. The average Bonchev–Trinajstić information content (AvgIpc) is 2.77. The fraction of sp³-hybridized carbons (Fsp3) is 0.333. The van der Waals surface area contributed by atoms with E-state index >= 15 is 0 Å². The fourth-order valence-electron chi connectivity index (χ4n) is 1.32. The highest BCUT2D eigenvalue weighted by Gasteiger charge is 2.06. The molecule has 1 aromatic heterocycles. The summed E-state index contributed by atoms with van der Waals surface area (Å²) in [6.45, 7) is 4.92. The molecule has 3 nitrogen and oxygen atoms in total. The molecule has 0 atom stereocenters. The van der Waals surface area contributed by atoms with Crippen molar-refractivity contribution in [1.29, 1.82) is 0 Å². The largest absolute Gasteiger partial charge is 0.356 e. The number of nitrogens with one attached hydrogen (secondary N) is 1. The molecule has 0 fully saturated rings. The average molecular weight is 268 g/mol. The first-order chi connectivity index (χ1) is 8.15. The molecule has 0 saturated heterocycles. The summed E-state index contributed by atoms with van der Waals surface area (Å²) in [5.41, 5.74) is 1.18. The van der Waals surface area contributed by atoms with E-state index in [1.165, 1.54) is 17.1 Å². The highest BCUT2D eigenvalue weighted by atomic mass is 35.5. The summed E-state index contributed by atoms with van der Waals surface area (Å²) in [7, 11) is 0. The van der Waals surface area contributed by atoms with Gasteiger partial charge in [-0.25, -0.2) is 4.98 Å². The summed E-state index contributed by atoms with van der Waals surface area (Å²) in [6.07, 6.45) is 0. The van der Waals surface area contributed by atoms with E-state index in [2.05, 4.69) is 28.5 Å². The molecule has 0 unspecified atom stereocenters. The zero-order valence-corrected chi connectivity index (χ0v) is 11.3. The molecule has 90 valence electrons. The molecule has 2 rings (SSSR count). The SMILES string of the molecule is CC(C)c1nsc(NCc2ccc(Cl)cc2)n1. The van der Waals surface area contributed by atoms with Gasteiger partial charge in [-0.1, -0.05) is 37.6 Å². The maximum Gasteiger partial charge on any atom is 0.202 e. The first-order valence-corrected chi connectivity index (χ1v) is 6.62. The summed E-state index contributed by atoms with van der Waals surface area (Å²) in [5.74, 6) is 1.27. The van der Waals surface area contributed by atoms with E-state index in [0.717, 1.165) is 22.5 Å². The van der Waals surface area contributed by atoms with Crippen LogP contribution in [0.25, 0.3) is 0 Å². The summed E-state index contributed by atoms with van der Waals surface area (Å²) < 4.78 is 4.29. The standard InChI is InChI=1S/C12H14ClN3S/c1-8(2)11-15-12(17-16-11)14-7-9-3-5-10(13)6-4-9/h3-6,8H,7H2,1-2H3,(H,14,15,16). The van der Waals surface area contributed by atoms with E-state index in [1.54, 1.807) is 0 Å². The van der Waals surface area contributed by atoms with Gasteiger partial charge < -0.3 is 5.32 Å². The van der Waals surface area contributed by atoms with Crippen molar-refractivity contribution in [3.05, 3.63) is 40.7 Å². The Kier molecular flexibility index (Phi) is 3.97. The van der Waals surface area contributed by atoms with Crippen LogP contribution >= 0.6 is 23.1 Å². The summed E-state index contributed by atoms with van der Waals surface area (Å²) in [6, 6.07) is 7.77. The zero-order valence-electron chi connectivity index (χ0n) is 9.77. The normalized spacial score (nSPS) is 10.8. The minimum Gasteiger partial charge on any atom is -0.356 e. The lowest BCUT2D eigenvalue weighted by molar-refractivity contribution is 0.799. The summed E-state index contributed by atoms with van der Waals surface area (Å²) >= 11 is 7.23. The molecule has 17 heavy (non-hydrogen) atoms. The van der Waals surface area contributed by atoms with Crippen molar-refractivity contribution >= 4 is 28.3 Å². The number of anilines is 1. The highest BCUT2D eigenvalue weighted by molar-refractivity contribution is 7.09. The van der Waals surface area contributed by atoms with Crippen LogP contribution in [-0.2, 0) is 6.54 Å². The van der Waals surface area contributed by atoms with Crippen LogP contribution in [-0.4, -0.2) is 9.36 Å². The molecule has 1 N–H and O–H groups in total. The van der Waals surface area contributed by atoms with Gasteiger partial charge >= 0.3 is 0 Å². The van der Waals surface area contributed by atoms with Gasteiger partial charge in [-0.15, -0.1) is 0 Å². The lowest BCUT2D eigenvalue weighted by Crippen LogP contribution is -1.99. The third-order valence-corrected chi connectivity index (χ3v) is 3.25. The molecule has 1 aromatic carbocycles. The van der Waals surface area contributed by atoms with E-state index in [0.29, 0.717) is 5.92 Å². The molecule has 0 saturated carbocycles. The first kappa shape index (κ1) is 12.3. The Morgan fingerprint density at radius 1 is 1.29 bits per heavy atom. The smallest absolute Gasteiger partial charge is 0.202 e. The topological polar surface area (TPSA) is 37.8 Å². The zero-order chi connectivity index (χ0) is 12.3. The van der Waals surface area contributed by atoms with Crippen molar-refractivity contribution in [2.75, 3.05) is 5.32 Å². The highest BCUT2D eigenvalue weighted by Crippen LogP contribution is 2.18. The number of benzene rings is 1. The van der Waals surface area contributed by atoms with Gasteiger partial charge in [0.25, 0.3) is 0 Å². The molecule has 0 radical (unpaired) electrons. The van der Waals surface area contributed by atoms with Gasteiger partial charge in [0.05, 0.1) is 0 Å². The first-order valence-electron chi connectivity index (χ1n) is 5.47. The predicted octanol–water partition coefficient (Wildman–Crippen LogP) is 3.93. The van der Waals surface area contributed by atoms with E-state index in [9.17, 15) is 0 Å². The Balaban J connectivity index is 1.95. The van der Waals surface area contributed by atoms with Crippen LogP contribution in [0.4, 0.5) is 5.13 Å². The van der Waals surface area contributed by atoms with Crippen molar-refractivity contribution in [2.45, 2.75) is 26.3 Å². The fourth-order valence-corrected chi connectivity index (χ4v) is 2.15. The number of nitrogens with zero attached hydrogens (tertiary/aromatic N) is 2. The lowest BCUT2D eigenvalue weighted by atomic mass is 10.2. The molecule has 0 bridgehead atoms. The van der Waals surface area contributed by atoms with E-state index in [-0.39, 0.29) is 0 Å². The monoisotopic (exact) mass is 267 g/mol. The number of hydrogen-bond donors (Lipinski definition) is 1. The quantitative estimate of drug-likeness (QED) is 0.912. The van der Waals surface area contributed by atoms with E-state index < -0.39 is 0 Å².